The van der Waals surface area contributed by atoms with Gasteiger partial charge in [-0.05, 0) is 0 Å². The number of rotatable bonds is 2. The Balaban J connectivity index is -0.000000320. The quantitative estimate of drug-likeness (QED) is 0.426. The van der Waals surface area contributed by atoms with Crippen LogP contribution in [0.1, 0.15) is 0 Å². The average Bonchev–Trinajstić information content (AvgIpc) is 1.14. The molecule has 6 nitrogen and oxygen atoms in total. The first kappa shape index (κ1) is 18.3. The molecule has 0 aliphatic rings. The van der Waals surface area contributed by atoms with Crippen LogP contribution in [0.25, 0.3) is 0 Å². The van der Waals surface area contributed by atoms with Crippen molar-refractivity contribution < 1.29 is 63.5 Å². The van der Waals surface area contributed by atoms with Crippen molar-refractivity contribution >= 4 is 29.8 Å². The van der Waals surface area contributed by atoms with Gasteiger partial charge in [-0.3, -0.25) is 0 Å². The van der Waals surface area contributed by atoms with Gasteiger partial charge in [0, 0.05) is 37.6 Å². The molecule has 0 saturated heterocycles. The standard InChI is InChI=1S/Mo.Ni.H2O6S2Se/c;;1-7(2,3)9-8(4,5)6/h;;(H,1,2,3)(H,4,5,6). The van der Waals surface area contributed by atoms with Crippen molar-refractivity contribution in [3.63, 3.8) is 0 Å². The van der Waals surface area contributed by atoms with Gasteiger partial charge >= 0.3 is 55.7 Å². The Bertz CT molecular complexity index is 246. The van der Waals surface area contributed by atoms with E-state index in [1.54, 1.807) is 0 Å². The third kappa shape index (κ3) is 18.5. The van der Waals surface area contributed by atoms with Crippen molar-refractivity contribution in [2.75, 3.05) is 0 Å². The molecule has 0 rings (SSSR count). The van der Waals surface area contributed by atoms with E-state index in [0.29, 0.717) is 0 Å². The molecular formula is H2MoNiO6S2Se. The normalized spacial score (nSPS) is 11.1. The molecule has 2 N–H and O–H groups in total. The molecule has 0 aliphatic heterocycles. The van der Waals surface area contributed by atoms with Crippen LogP contribution in [0.2, 0.25) is 0 Å². The molecule has 0 radical (unpaired) electrons. The second-order valence-electron chi connectivity index (χ2n) is 0.924. The Labute approximate surface area is 92.5 Å². The molecule has 0 amide bonds. The van der Waals surface area contributed by atoms with E-state index >= 15 is 0 Å². The maximum atomic E-state index is 9.69. The number of hydrogen-bond donors (Lipinski definition) is 2. The van der Waals surface area contributed by atoms with Crippen LogP contribution in [0.5, 0.6) is 0 Å². The first-order valence-corrected chi connectivity index (χ1v) is 8.29. The van der Waals surface area contributed by atoms with Gasteiger partial charge in [0.15, 0.2) is 0 Å². The molecule has 0 aromatic heterocycles. The van der Waals surface area contributed by atoms with Crippen molar-refractivity contribution in [3.05, 3.63) is 0 Å². The maximum Gasteiger partial charge on any atom is 0 e. The Hall–Kier alpha value is 1.52. The second-order valence-corrected chi connectivity index (χ2v) is 11.1. The Morgan fingerprint density at radius 2 is 1.09 bits per heavy atom. The molecular weight excluding hydrogens is 394 g/mol. The Kier molecular flexibility index (Phi) is 10.1. The van der Waals surface area contributed by atoms with Crippen LogP contribution in [0.4, 0.5) is 0 Å². The number of hydrogen-bond acceptors (Lipinski definition) is 4. The van der Waals surface area contributed by atoms with E-state index in [4.69, 9.17) is 9.11 Å². The second kappa shape index (κ2) is 6.05. The summed E-state index contributed by atoms with van der Waals surface area (Å²) in [6, 6.07) is 0. The minimum atomic E-state index is -4.56. The van der Waals surface area contributed by atoms with Crippen LogP contribution >= 0.6 is 0 Å². The largest absolute Gasteiger partial charge is 0 e. The summed E-state index contributed by atoms with van der Waals surface area (Å²) in [5.74, 6) is 0. The van der Waals surface area contributed by atoms with Crippen molar-refractivity contribution in [3.8, 4) is 0 Å². The zero-order valence-electron chi connectivity index (χ0n) is 4.48. The molecule has 0 bridgehead atoms. The van der Waals surface area contributed by atoms with E-state index in [1.807, 2.05) is 0 Å². The van der Waals surface area contributed by atoms with Gasteiger partial charge < -0.3 is 0 Å². The minimum Gasteiger partial charge on any atom is 0 e. The van der Waals surface area contributed by atoms with Gasteiger partial charge in [-0.15, -0.1) is 0 Å². The summed E-state index contributed by atoms with van der Waals surface area (Å²) in [5, 5.41) is 0. The van der Waals surface area contributed by atoms with Crippen LogP contribution < -0.4 is 0 Å². The predicted molar refractivity (Wildman–Crippen MR) is 28.9 cm³/mol. The van der Waals surface area contributed by atoms with Crippen molar-refractivity contribution in [2.45, 2.75) is 0 Å². The minimum absolute atomic E-state index is 0. The molecule has 0 fully saturated rings. The van der Waals surface area contributed by atoms with Gasteiger partial charge in [-0.25, -0.2) is 0 Å². The molecule has 0 spiro atoms. The molecule has 0 aliphatic carbocycles. The van der Waals surface area contributed by atoms with Gasteiger partial charge in [0.05, 0.1) is 0 Å². The summed E-state index contributed by atoms with van der Waals surface area (Å²) in [6.07, 6.45) is 0. The van der Waals surface area contributed by atoms with Gasteiger partial charge in [-0.2, -0.15) is 0 Å². The van der Waals surface area contributed by atoms with E-state index < -0.39 is 29.8 Å². The Morgan fingerprint density at radius 1 is 0.909 bits per heavy atom. The first-order chi connectivity index (χ1) is 3.71. The first-order valence-electron chi connectivity index (χ1n) is 1.37. The van der Waals surface area contributed by atoms with E-state index in [2.05, 4.69) is 0 Å². The summed E-state index contributed by atoms with van der Waals surface area (Å²) >= 11 is -2.19. The van der Waals surface area contributed by atoms with Gasteiger partial charge in [0.25, 0.3) is 0 Å². The molecule has 11 heteroatoms. The van der Waals surface area contributed by atoms with Crippen LogP contribution in [-0.2, 0) is 54.6 Å². The summed E-state index contributed by atoms with van der Waals surface area (Å²) in [6.45, 7) is 0. The third-order valence-electron chi connectivity index (χ3n) is 0.172. The molecule has 0 unspecified atom stereocenters. The fourth-order valence-corrected chi connectivity index (χ4v) is 5.08. The zero-order valence-corrected chi connectivity index (χ0v) is 10.8. The van der Waals surface area contributed by atoms with Crippen molar-refractivity contribution in [1.29, 1.82) is 0 Å². The van der Waals surface area contributed by atoms with Crippen LogP contribution in [0.3, 0.4) is 0 Å². The summed E-state index contributed by atoms with van der Waals surface area (Å²) in [5.41, 5.74) is 0. The van der Waals surface area contributed by atoms with Gasteiger partial charge in [0.2, 0.25) is 0 Å². The van der Waals surface area contributed by atoms with Crippen LogP contribution in [0, 0.1) is 0 Å². The molecule has 0 atom stereocenters. The van der Waals surface area contributed by atoms with E-state index in [0.717, 1.165) is 0 Å². The molecule has 0 aromatic rings. The molecule has 72 valence electrons. The SMILES string of the molecule is O=S(=O)(O)[Se]S(=O)(=O)O.[Mo].[Ni]. The van der Waals surface area contributed by atoms with E-state index in [9.17, 15) is 16.8 Å². The molecule has 11 heavy (non-hydrogen) atoms. The molecule has 0 aromatic carbocycles. The predicted octanol–water partition coefficient (Wildman–Crippen LogP) is -1.71. The maximum absolute atomic E-state index is 9.69. The van der Waals surface area contributed by atoms with Gasteiger partial charge in [0.1, 0.15) is 0 Å². The topological polar surface area (TPSA) is 109 Å². The van der Waals surface area contributed by atoms with E-state index in [-0.39, 0.29) is 37.6 Å². The molecule has 0 saturated carbocycles. The van der Waals surface area contributed by atoms with Crippen LogP contribution in [0.15, 0.2) is 0 Å². The average molecular weight is 396 g/mol. The fraction of sp³-hybridized carbons (Fsp3) is 0. The van der Waals surface area contributed by atoms with E-state index in [1.165, 1.54) is 0 Å². The smallest absolute Gasteiger partial charge is 0 e. The third-order valence-corrected chi connectivity index (χ3v) is 8.04. The Morgan fingerprint density at radius 3 is 1.09 bits per heavy atom. The molecule has 0 heterocycles. The zero-order chi connectivity index (χ0) is 7.71. The van der Waals surface area contributed by atoms with Crippen molar-refractivity contribution in [1.82, 2.24) is 0 Å². The fourth-order valence-electron chi connectivity index (χ4n) is 0.109. The monoisotopic (exact) mass is 398 g/mol. The van der Waals surface area contributed by atoms with Gasteiger partial charge in [-0.1, -0.05) is 0 Å². The summed E-state index contributed by atoms with van der Waals surface area (Å²) in [7, 11) is -9.11. The van der Waals surface area contributed by atoms with Crippen LogP contribution in [-0.4, -0.2) is 38.7 Å². The summed E-state index contributed by atoms with van der Waals surface area (Å²) < 4.78 is 54.4. The summed E-state index contributed by atoms with van der Waals surface area (Å²) in [4.78, 5) is 0. The van der Waals surface area contributed by atoms with Crippen molar-refractivity contribution in [2.24, 2.45) is 0 Å².